The van der Waals surface area contributed by atoms with Crippen LogP contribution in [0.5, 0.6) is 0 Å². The van der Waals surface area contributed by atoms with Crippen LogP contribution in [0.3, 0.4) is 0 Å². The van der Waals surface area contributed by atoms with Gasteiger partial charge in [-0.05, 0) is 19.8 Å². The monoisotopic (exact) mass is 231 g/mol. The Morgan fingerprint density at radius 3 is 2.82 bits per heavy atom. The number of hydrogen-bond acceptors (Lipinski definition) is 4. The topological polar surface area (TPSA) is 69.1 Å². The Balaban J connectivity index is 2.13. The fourth-order valence-electron chi connectivity index (χ4n) is 2.78. The standard InChI is InChI=1S/C12H17N5/c1-8-10-11(13)14-7-15-17(10)12(16-8)9-5-3-2-4-6-9/h7,9H,2-6H2,1H3,(H2,13,14,15). The molecule has 1 aliphatic rings. The van der Waals surface area contributed by atoms with Crippen molar-refractivity contribution in [2.45, 2.75) is 44.9 Å². The van der Waals surface area contributed by atoms with E-state index < -0.39 is 0 Å². The maximum absolute atomic E-state index is 5.89. The van der Waals surface area contributed by atoms with Crippen molar-refractivity contribution in [3.8, 4) is 0 Å². The average molecular weight is 231 g/mol. The van der Waals surface area contributed by atoms with Gasteiger partial charge in [0.25, 0.3) is 0 Å². The highest BCUT2D eigenvalue weighted by molar-refractivity contribution is 5.67. The molecule has 2 N–H and O–H groups in total. The van der Waals surface area contributed by atoms with E-state index in [-0.39, 0.29) is 0 Å². The highest BCUT2D eigenvalue weighted by atomic mass is 15.3. The summed E-state index contributed by atoms with van der Waals surface area (Å²) in [4.78, 5) is 8.69. The Kier molecular flexibility index (Phi) is 2.46. The lowest BCUT2D eigenvalue weighted by molar-refractivity contribution is 0.423. The van der Waals surface area contributed by atoms with E-state index in [0.29, 0.717) is 11.7 Å². The molecule has 0 aliphatic heterocycles. The molecular formula is C12H17N5. The quantitative estimate of drug-likeness (QED) is 0.815. The molecule has 17 heavy (non-hydrogen) atoms. The summed E-state index contributed by atoms with van der Waals surface area (Å²) in [6, 6.07) is 0. The fourth-order valence-corrected chi connectivity index (χ4v) is 2.78. The minimum absolute atomic E-state index is 0.520. The van der Waals surface area contributed by atoms with Crippen LogP contribution in [0.4, 0.5) is 5.82 Å². The summed E-state index contributed by atoms with van der Waals surface area (Å²) in [5.41, 5.74) is 7.69. The number of imidazole rings is 1. The van der Waals surface area contributed by atoms with Crippen molar-refractivity contribution in [2.75, 3.05) is 5.73 Å². The zero-order valence-corrected chi connectivity index (χ0v) is 10.1. The van der Waals surface area contributed by atoms with Gasteiger partial charge in [-0.3, -0.25) is 0 Å². The first-order valence-corrected chi connectivity index (χ1v) is 6.23. The molecule has 0 spiro atoms. The molecule has 0 amide bonds. The van der Waals surface area contributed by atoms with E-state index in [0.717, 1.165) is 17.0 Å². The summed E-state index contributed by atoms with van der Waals surface area (Å²) in [5.74, 6) is 2.11. The highest BCUT2D eigenvalue weighted by Crippen LogP contribution is 2.33. The van der Waals surface area contributed by atoms with E-state index in [9.17, 15) is 0 Å². The second-order valence-corrected chi connectivity index (χ2v) is 4.80. The third-order valence-electron chi connectivity index (χ3n) is 3.63. The molecule has 1 aliphatic carbocycles. The molecule has 5 nitrogen and oxygen atoms in total. The number of rotatable bonds is 1. The minimum atomic E-state index is 0.520. The Labute approximate surface area is 100 Å². The molecule has 0 unspecified atom stereocenters. The van der Waals surface area contributed by atoms with Gasteiger partial charge in [0.1, 0.15) is 17.7 Å². The molecule has 0 aromatic carbocycles. The van der Waals surface area contributed by atoms with E-state index in [1.165, 1.54) is 38.4 Å². The largest absolute Gasteiger partial charge is 0.382 e. The van der Waals surface area contributed by atoms with E-state index >= 15 is 0 Å². The highest BCUT2D eigenvalue weighted by Gasteiger charge is 2.22. The summed E-state index contributed by atoms with van der Waals surface area (Å²) in [7, 11) is 0. The molecule has 2 aromatic heterocycles. The van der Waals surface area contributed by atoms with Crippen LogP contribution in [0.2, 0.25) is 0 Å². The van der Waals surface area contributed by atoms with Gasteiger partial charge in [0.05, 0.1) is 5.69 Å². The van der Waals surface area contributed by atoms with Crippen molar-refractivity contribution in [1.29, 1.82) is 0 Å². The van der Waals surface area contributed by atoms with Gasteiger partial charge >= 0.3 is 0 Å². The molecule has 2 heterocycles. The fraction of sp³-hybridized carbons (Fsp3) is 0.583. The second kappa shape index (κ2) is 3.98. The Morgan fingerprint density at radius 1 is 1.29 bits per heavy atom. The lowest BCUT2D eigenvalue weighted by Gasteiger charge is -2.19. The number of aryl methyl sites for hydroxylation is 1. The van der Waals surface area contributed by atoms with Gasteiger partial charge in [-0.25, -0.2) is 14.5 Å². The van der Waals surface area contributed by atoms with E-state index in [1.807, 2.05) is 11.4 Å². The SMILES string of the molecule is Cc1nc(C2CCCCC2)n2ncnc(N)c12. The first kappa shape index (κ1) is 10.5. The smallest absolute Gasteiger partial charge is 0.153 e. The van der Waals surface area contributed by atoms with Crippen LogP contribution >= 0.6 is 0 Å². The van der Waals surface area contributed by atoms with E-state index in [4.69, 9.17) is 5.73 Å². The third kappa shape index (κ3) is 1.66. The second-order valence-electron chi connectivity index (χ2n) is 4.80. The van der Waals surface area contributed by atoms with Crippen molar-refractivity contribution >= 4 is 11.3 Å². The number of aromatic nitrogens is 4. The Hall–Kier alpha value is -1.65. The van der Waals surface area contributed by atoms with Crippen LogP contribution in [0.25, 0.3) is 5.52 Å². The van der Waals surface area contributed by atoms with Crippen LogP contribution in [-0.2, 0) is 0 Å². The van der Waals surface area contributed by atoms with Gasteiger partial charge < -0.3 is 5.73 Å². The van der Waals surface area contributed by atoms with Crippen LogP contribution in [0.1, 0.15) is 49.5 Å². The maximum atomic E-state index is 5.89. The number of hydrogen-bond donors (Lipinski definition) is 1. The van der Waals surface area contributed by atoms with Gasteiger partial charge in [0.2, 0.25) is 0 Å². The molecule has 0 atom stereocenters. The van der Waals surface area contributed by atoms with Crippen LogP contribution in [-0.4, -0.2) is 19.6 Å². The van der Waals surface area contributed by atoms with Gasteiger partial charge in [-0.15, -0.1) is 0 Å². The molecule has 3 rings (SSSR count). The third-order valence-corrected chi connectivity index (χ3v) is 3.63. The van der Waals surface area contributed by atoms with Crippen LogP contribution < -0.4 is 5.73 Å². The van der Waals surface area contributed by atoms with E-state index in [2.05, 4.69) is 15.1 Å². The van der Waals surface area contributed by atoms with Gasteiger partial charge in [0.15, 0.2) is 5.82 Å². The van der Waals surface area contributed by atoms with Crippen molar-refractivity contribution in [2.24, 2.45) is 0 Å². The summed E-state index contributed by atoms with van der Waals surface area (Å²) < 4.78 is 1.88. The first-order valence-electron chi connectivity index (χ1n) is 6.23. The number of nitrogens with two attached hydrogens (primary N) is 1. The Bertz CT molecular complexity index is 539. The molecule has 5 heteroatoms. The molecule has 90 valence electrons. The average Bonchev–Trinajstić information content (AvgIpc) is 2.69. The van der Waals surface area contributed by atoms with Crippen LogP contribution in [0.15, 0.2) is 6.33 Å². The molecule has 2 aromatic rings. The van der Waals surface area contributed by atoms with E-state index in [1.54, 1.807) is 0 Å². The van der Waals surface area contributed by atoms with Crippen molar-refractivity contribution in [3.05, 3.63) is 17.8 Å². The zero-order valence-electron chi connectivity index (χ0n) is 10.1. The van der Waals surface area contributed by atoms with Gasteiger partial charge in [0, 0.05) is 5.92 Å². The minimum Gasteiger partial charge on any atom is -0.382 e. The van der Waals surface area contributed by atoms with Gasteiger partial charge in [-0.2, -0.15) is 5.10 Å². The lowest BCUT2D eigenvalue weighted by atomic mass is 9.89. The predicted molar refractivity (Wildman–Crippen MR) is 65.8 cm³/mol. The molecule has 1 saturated carbocycles. The zero-order chi connectivity index (χ0) is 11.8. The molecule has 0 bridgehead atoms. The van der Waals surface area contributed by atoms with Crippen LogP contribution in [0, 0.1) is 6.92 Å². The molecule has 1 fully saturated rings. The predicted octanol–water partition coefficient (Wildman–Crippen LogP) is 2.06. The van der Waals surface area contributed by atoms with Crippen molar-refractivity contribution in [1.82, 2.24) is 19.6 Å². The number of anilines is 1. The van der Waals surface area contributed by atoms with Gasteiger partial charge in [-0.1, -0.05) is 19.3 Å². The van der Waals surface area contributed by atoms with Crippen molar-refractivity contribution in [3.63, 3.8) is 0 Å². The number of nitrogens with zero attached hydrogens (tertiary/aromatic N) is 4. The molecule has 0 radical (unpaired) electrons. The Morgan fingerprint density at radius 2 is 2.06 bits per heavy atom. The molecule has 0 saturated heterocycles. The normalized spacial score (nSPS) is 17.7. The first-order chi connectivity index (χ1) is 8.27. The summed E-state index contributed by atoms with van der Waals surface area (Å²) >= 11 is 0. The summed E-state index contributed by atoms with van der Waals surface area (Å²) in [6.45, 7) is 1.97. The number of fused-ring (bicyclic) bond motifs is 1. The maximum Gasteiger partial charge on any atom is 0.153 e. The lowest BCUT2D eigenvalue weighted by Crippen LogP contribution is -2.10. The number of nitrogen functional groups attached to an aromatic ring is 1. The van der Waals surface area contributed by atoms with Crippen molar-refractivity contribution < 1.29 is 0 Å². The summed E-state index contributed by atoms with van der Waals surface area (Å²) in [6.07, 6.45) is 7.86. The summed E-state index contributed by atoms with van der Waals surface area (Å²) in [5, 5.41) is 4.30. The molecular weight excluding hydrogens is 214 g/mol.